The highest BCUT2D eigenvalue weighted by Gasteiger charge is 2.57. The molecule has 1 unspecified atom stereocenters. The summed E-state index contributed by atoms with van der Waals surface area (Å²) in [5, 5.41) is 21.9. The lowest BCUT2D eigenvalue weighted by Gasteiger charge is -2.45. The minimum absolute atomic E-state index is 0.0331. The summed E-state index contributed by atoms with van der Waals surface area (Å²) in [4.78, 5) is 40.7. The molecule has 6 nitrogen and oxygen atoms in total. The number of allylic oxidation sites excluding steroid dienone is 2. The van der Waals surface area contributed by atoms with Crippen LogP contribution in [0.15, 0.2) is 17.4 Å². The standard InChI is InChI=1S/C35H52O6/c1-8-9-10-11-12-13-14-15-16-17-18-19-24(36)29-26(38)21-25(37)27-23(20-22(2)3)28-31(39)34(4,5)33(40)35(6,7)32(28)41-30(27)29/h21-23,37-38H,8-20H2,1-7H3. The van der Waals surface area contributed by atoms with Crippen LogP contribution in [0, 0.1) is 16.7 Å². The Morgan fingerprint density at radius 3 is 1.93 bits per heavy atom. The summed E-state index contributed by atoms with van der Waals surface area (Å²) in [5.41, 5.74) is -1.57. The zero-order chi connectivity index (χ0) is 30.5. The fourth-order valence-corrected chi connectivity index (χ4v) is 6.65. The molecule has 228 valence electrons. The lowest BCUT2D eigenvalue weighted by atomic mass is 9.59. The quantitative estimate of drug-likeness (QED) is 0.124. The van der Waals surface area contributed by atoms with Crippen LogP contribution in [0.3, 0.4) is 0 Å². The van der Waals surface area contributed by atoms with Crippen LogP contribution >= 0.6 is 0 Å². The van der Waals surface area contributed by atoms with E-state index in [1.807, 2.05) is 13.8 Å². The van der Waals surface area contributed by atoms with Crippen LogP contribution in [0.2, 0.25) is 0 Å². The van der Waals surface area contributed by atoms with Gasteiger partial charge in [-0.2, -0.15) is 0 Å². The van der Waals surface area contributed by atoms with Crippen LogP contribution in [0.5, 0.6) is 17.2 Å². The molecule has 0 amide bonds. The number of ketones is 3. The molecule has 3 rings (SSSR count). The maximum absolute atomic E-state index is 13.7. The third kappa shape index (κ3) is 6.89. The number of carbonyl (C=O) groups is 3. The van der Waals surface area contributed by atoms with Crippen molar-refractivity contribution in [3.63, 3.8) is 0 Å². The number of benzene rings is 1. The zero-order valence-electron chi connectivity index (χ0n) is 26.5. The van der Waals surface area contributed by atoms with E-state index in [1.165, 1.54) is 51.0 Å². The Bertz CT molecular complexity index is 1170. The molecule has 2 aliphatic rings. The predicted molar refractivity (Wildman–Crippen MR) is 163 cm³/mol. The number of fused-ring (bicyclic) bond motifs is 1. The second-order valence-electron chi connectivity index (χ2n) is 13.7. The normalized spacial score (nSPS) is 19.3. The lowest BCUT2D eigenvalue weighted by Crippen LogP contribution is -2.51. The Labute approximate surface area is 247 Å². The van der Waals surface area contributed by atoms with Crippen molar-refractivity contribution in [2.75, 3.05) is 0 Å². The van der Waals surface area contributed by atoms with Crippen molar-refractivity contribution >= 4 is 17.3 Å². The highest BCUT2D eigenvalue weighted by atomic mass is 16.5. The summed E-state index contributed by atoms with van der Waals surface area (Å²) in [6.45, 7) is 13.1. The van der Waals surface area contributed by atoms with E-state index < -0.39 is 16.7 Å². The van der Waals surface area contributed by atoms with Gasteiger partial charge in [0.1, 0.15) is 28.6 Å². The lowest BCUT2D eigenvalue weighted by molar-refractivity contribution is -0.144. The second kappa shape index (κ2) is 13.6. The Hall–Kier alpha value is -2.63. The van der Waals surface area contributed by atoms with Gasteiger partial charge < -0.3 is 14.9 Å². The Balaban J connectivity index is 1.81. The summed E-state index contributed by atoms with van der Waals surface area (Å²) in [7, 11) is 0. The van der Waals surface area contributed by atoms with Crippen molar-refractivity contribution in [1.82, 2.24) is 0 Å². The first-order valence-corrected chi connectivity index (χ1v) is 15.9. The van der Waals surface area contributed by atoms with Gasteiger partial charge in [-0.05, 0) is 46.5 Å². The van der Waals surface area contributed by atoms with Gasteiger partial charge in [-0.25, -0.2) is 0 Å². The van der Waals surface area contributed by atoms with Gasteiger partial charge in [0.2, 0.25) is 0 Å². The summed E-state index contributed by atoms with van der Waals surface area (Å²) >= 11 is 0. The molecule has 0 saturated carbocycles. The Kier molecular flexibility index (Phi) is 10.9. The van der Waals surface area contributed by atoms with Crippen LogP contribution < -0.4 is 4.74 Å². The molecule has 1 heterocycles. The van der Waals surface area contributed by atoms with E-state index >= 15 is 0 Å². The third-order valence-corrected chi connectivity index (χ3v) is 8.93. The molecule has 1 aliphatic carbocycles. The molecular weight excluding hydrogens is 516 g/mol. The monoisotopic (exact) mass is 568 g/mol. The van der Waals surface area contributed by atoms with Gasteiger partial charge >= 0.3 is 0 Å². The van der Waals surface area contributed by atoms with Gasteiger partial charge in [0.15, 0.2) is 17.3 Å². The number of hydrogen-bond acceptors (Lipinski definition) is 6. The fourth-order valence-electron chi connectivity index (χ4n) is 6.65. The molecule has 0 spiro atoms. The van der Waals surface area contributed by atoms with E-state index in [0.29, 0.717) is 24.0 Å². The number of Topliss-reactive ketones (excluding diaryl/α,β-unsaturated/α-hetero) is 3. The van der Waals surface area contributed by atoms with E-state index in [0.717, 1.165) is 19.3 Å². The molecule has 1 atom stereocenters. The van der Waals surface area contributed by atoms with E-state index in [1.54, 1.807) is 27.7 Å². The molecule has 2 N–H and O–H groups in total. The number of phenolic OH excluding ortho intramolecular Hbond substituents is 2. The van der Waals surface area contributed by atoms with Crippen molar-refractivity contribution in [3.8, 4) is 17.2 Å². The average Bonchev–Trinajstić information content (AvgIpc) is 2.89. The smallest absolute Gasteiger partial charge is 0.175 e. The van der Waals surface area contributed by atoms with E-state index in [-0.39, 0.29) is 58.3 Å². The van der Waals surface area contributed by atoms with Gasteiger partial charge in [0.25, 0.3) is 0 Å². The number of phenols is 2. The van der Waals surface area contributed by atoms with Crippen molar-refractivity contribution < 1.29 is 29.3 Å². The van der Waals surface area contributed by atoms with Gasteiger partial charge in [-0.15, -0.1) is 0 Å². The predicted octanol–water partition coefficient (Wildman–Crippen LogP) is 8.96. The van der Waals surface area contributed by atoms with Crippen LogP contribution in [0.25, 0.3) is 0 Å². The van der Waals surface area contributed by atoms with Gasteiger partial charge in [-0.1, -0.05) is 85.0 Å². The minimum atomic E-state index is -1.24. The summed E-state index contributed by atoms with van der Waals surface area (Å²) in [6, 6.07) is 1.20. The first kappa shape index (κ1) is 32.9. The second-order valence-corrected chi connectivity index (χ2v) is 13.7. The molecule has 1 aromatic rings. The van der Waals surface area contributed by atoms with Crippen molar-refractivity contribution in [2.45, 2.75) is 138 Å². The molecule has 0 bridgehead atoms. The number of unbranched alkanes of at least 4 members (excludes halogenated alkanes) is 10. The van der Waals surface area contributed by atoms with E-state index in [2.05, 4.69) is 6.92 Å². The van der Waals surface area contributed by atoms with Crippen molar-refractivity contribution in [3.05, 3.63) is 28.5 Å². The number of rotatable bonds is 15. The van der Waals surface area contributed by atoms with Crippen LogP contribution in [-0.4, -0.2) is 27.6 Å². The fraction of sp³-hybridized carbons (Fsp3) is 0.686. The molecule has 0 fully saturated rings. The minimum Gasteiger partial charge on any atom is -0.507 e. The molecule has 6 heteroatoms. The van der Waals surface area contributed by atoms with Crippen molar-refractivity contribution in [2.24, 2.45) is 16.7 Å². The maximum Gasteiger partial charge on any atom is 0.175 e. The first-order valence-electron chi connectivity index (χ1n) is 15.9. The number of ether oxygens (including phenoxy) is 1. The molecule has 1 aromatic carbocycles. The number of carbonyl (C=O) groups excluding carboxylic acids is 3. The summed E-state index contributed by atoms with van der Waals surface area (Å²) in [5.74, 6) is -1.44. The summed E-state index contributed by atoms with van der Waals surface area (Å²) in [6.07, 6.45) is 13.6. The number of hydrogen-bond donors (Lipinski definition) is 2. The SMILES string of the molecule is CCCCCCCCCCCCCC(=O)c1c(O)cc(O)c2c1OC1=C(C(=O)C(C)(C)C(=O)C1(C)C)C2CC(C)C. The molecule has 1 aliphatic heterocycles. The summed E-state index contributed by atoms with van der Waals surface area (Å²) < 4.78 is 6.32. The van der Waals surface area contributed by atoms with Gasteiger partial charge in [0, 0.05) is 29.5 Å². The topological polar surface area (TPSA) is 101 Å². The van der Waals surface area contributed by atoms with Gasteiger partial charge in [-0.3, -0.25) is 14.4 Å². The Morgan fingerprint density at radius 1 is 0.854 bits per heavy atom. The highest BCUT2D eigenvalue weighted by molar-refractivity contribution is 6.20. The largest absolute Gasteiger partial charge is 0.507 e. The van der Waals surface area contributed by atoms with Crippen LogP contribution in [0.1, 0.15) is 154 Å². The molecule has 0 radical (unpaired) electrons. The first-order chi connectivity index (χ1) is 19.3. The van der Waals surface area contributed by atoms with E-state index in [4.69, 9.17) is 4.74 Å². The third-order valence-electron chi connectivity index (χ3n) is 8.93. The van der Waals surface area contributed by atoms with Gasteiger partial charge in [0.05, 0.1) is 10.8 Å². The van der Waals surface area contributed by atoms with Crippen LogP contribution in [0.4, 0.5) is 0 Å². The zero-order valence-corrected chi connectivity index (χ0v) is 26.5. The maximum atomic E-state index is 13.7. The molecule has 0 aromatic heterocycles. The highest BCUT2D eigenvalue weighted by Crippen LogP contribution is 2.57. The van der Waals surface area contributed by atoms with Crippen molar-refractivity contribution in [1.29, 1.82) is 0 Å². The van der Waals surface area contributed by atoms with E-state index in [9.17, 15) is 24.6 Å². The molecule has 0 saturated heterocycles. The average molecular weight is 569 g/mol. The Morgan fingerprint density at radius 2 is 1.39 bits per heavy atom. The molecular formula is C35H52O6. The number of aromatic hydroxyl groups is 2. The van der Waals surface area contributed by atoms with Crippen LogP contribution in [-0.2, 0) is 9.59 Å². The molecule has 41 heavy (non-hydrogen) atoms.